The standard InChI is InChI=1S/C17H25NO3/c1-18(2)12-15(13-7-9-14(21-3)10-8-13)17(20)11-5-4-6-16(17)19/h5,7-11,15-16,19-20H,4,6,12H2,1-3H3. The molecule has 0 saturated carbocycles. The summed E-state index contributed by atoms with van der Waals surface area (Å²) in [6, 6.07) is 7.70. The van der Waals surface area contributed by atoms with E-state index in [4.69, 9.17) is 4.74 Å². The van der Waals surface area contributed by atoms with Crippen LogP contribution in [0.5, 0.6) is 5.75 Å². The van der Waals surface area contributed by atoms with Crippen LogP contribution in [0.4, 0.5) is 0 Å². The molecular weight excluding hydrogens is 266 g/mol. The van der Waals surface area contributed by atoms with E-state index in [-0.39, 0.29) is 5.92 Å². The molecule has 1 aromatic carbocycles. The number of methoxy groups -OCH3 is 1. The summed E-state index contributed by atoms with van der Waals surface area (Å²) in [5.41, 5.74) is -0.227. The topological polar surface area (TPSA) is 52.9 Å². The molecule has 2 rings (SSSR count). The molecule has 1 aliphatic carbocycles. The van der Waals surface area contributed by atoms with Crippen LogP contribution >= 0.6 is 0 Å². The summed E-state index contributed by atoms with van der Waals surface area (Å²) in [5, 5.41) is 21.4. The van der Waals surface area contributed by atoms with Crippen molar-refractivity contribution >= 4 is 0 Å². The first-order valence-electron chi connectivity index (χ1n) is 7.34. The van der Waals surface area contributed by atoms with Gasteiger partial charge in [-0.1, -0.05) is 24.3 Å². The zero-order valence-electron chi connectivity index (χ0n) is 13.0. The van der Waals surface area contributed by atoms with Crippen molar-refractivity contribution in [1.82, 2.24) is 4.90 Å². The van der Waals surface area contributed by atoms with Crippen LogP contribution in [-0.2, 0) is 0 Å². The van der Waals surface area contributed by atoms with Gasteiger partial charge < -0.3 is 19.8 Å². The van der Waals surface area contributed by atoms with Crippen molar-refractivity contribution in [2.24, 2.45) is 0 Å². The maximum absolute atomic E-state index is 11.0. The number of likely N-dealkylation sites (N-methyl/N-ethyl adjacent to an activating group) is 1. The molecule has 0 fully saturated rings. The number of aliphatic hydroxyl groups excluding tert-OH is 1. The molecule has 0 heterocycles. The predicted octanol–water partition coefficient (Wildman–Crippen LogP) is 1.78. The predicted molar refractivity (Wildman–Crippen MR) is 83.6 cm³/mol. The number of allylic oxidation sites excluding steroid dienone is 1. The van der Waals surface area contributed by atoms with E-state index in [1.165, 1.54) is 0 Å². The maximum Gasteiger partial charge on any atom is 0.118 e. The zero-order chi connectivity index (χ0) is 15.5. The first-order chi connectivity index (χ1) is 9.97. The van der Waals surface area contributed by atoms with E-state index in [1.54, 1.807) is 13.2 Å². The quantitative estimate of drug-likeness (QED) is 0.812. The number of ether oxygens (including phenoxy) is 1. The number of hydrogen-bond donors (Lipinski definition) is 2. The minimum Gasteiger partial charge on any atom is -0.497 e. The fourth-order valence-electron chi connectivity index (χ4n) is 2.94. The Morgan fingerprint density at radius 3 is 2.52 bits per heavy atom. The maximum atomic E-state index is 11.0. The lowest BCUT2D eigenvalue weighted by molar-refractivity contribution is -0.0688. The lowest BCUT2D eigenvalue weighted by Crippen LogP contribution is -2.50. The highest BCUT2D eigenvalue weighted by molar-refractivity contribution is 5.34. The lowest BCUT2D eigenvalue weighted by atomic mass is 9.74. The lowest BCUT2D eigenvalue weighted by Gasteiger charge is -2.41. The van der Waals surface area contributed by atoms with Crippen molar-refractivity contribution in [2.75, 3.05) is 27.7 Å². The number of aliphatic hydroxyl groups is 2. The van der Waals surface area contributed by atoms with E-state index in [2.05, 4.69) is 0 Å². The van der Waals surface area contributed by atoms with Gasteiger partial charge in [-0.25, -0.2) is 0 Å². The highest BCUT2D eigenvalue weighted by Crippen LogP contribution is 2.37. The van der Waals surface area contributed by atoms with E-state index in [0.29, 0.717) is 13.0 Å². The number of benzene rings is 1. The van der Waals surface area contributed by atoms with Crippen LogP contribution in [0.2, 0.25) is 0 Å². The van der Waals surface area contributed by atoms with Gasteiger partial charge in [0.1, 0.15) is 11.4 Å². The third-order valence-corrected chi connectivity index (χ3v) is 4.15. The summed E-state index contributed by atoms with van der Waals surface area (Å²) >= 11 is 0. The second-order valence-electron chi connectivity index (χ2n) is 5.97. The van der Waals surface area contributed by atoms with Crippen molar-refractivity contribution < 1.29 is 14.9 Å². The van der Waals surface area contributed by atoms with Crippen LogP contribution in [0.1, 0.15) is 24.3 Å². The van der Waals surface area contributed by atoms with Gasteiger partial charge in [-0.05, 0) is 44.6 Å². The molecule has 0 saturated heterocycles. The molecular formula is C17H25NO3. The summed E-state index contributed by atoms with van der Waals surface area (Å²) in [6.07, 6.45) is 4.38. The largest absolute Gasteiger partial charge is 0.497 e. The summed E-state index contributed by atoms with van der Waals surface area (Å²) in [6.45, 7) is 0.657. The highest BCUT2D eigenvalue weighted by atomic mass is 16.5. The van der Waals surface area contributed by atoms with Gasteiger partial charge in [0.15, 0.2) is 0 Å². The Hall–Kier alpha value is -1.36. The highest BCUT2D eigenvalue weighted by Gasteiger charge is 2.43. The van der Waals surface area contributed by atoms with Crippen LogP contribution in [0.15, 0.2) is 36.4 Å². The molecule has 3 atom stereocenters. The average Bonchev–Trinajstić information content (AvgIpc) is 2.48. The van der Waals surface area contributed by atoms with Crippen LogP contribution < -0.4 is 4.74 Å². The fourth-order valence-corrected chi connectivity index (χ4v) is 2.94. The first-order valence-corrected chi connectivity index (χ1v) is 7.34. The van der Waals surface area contributed by atoms with E-state index < -0.39 is 11.7 Å². The minimum absolute atomic E-state index is 0.190. The molecule has 0 bridgehead atoms. The number of hydrogen-bond acceptors (Lipinski definition) is 4. The van der Waals surface area contributed by atoms with Gasteiger partial charge in [-0.2, -0.15) is 0 Å². The molecule has 1 aromatic rings. The van der Waals surface area contributed by atoms with E-state index >= 15 is 0 Å². The molecule has 116 valence electrons. The van der Waals surface area contributed by atoms with Crippen molar-refractivity contribution in [3.63, 3.8) is 0 Å². The van der Waals surface area contributed by atoms with Crippen LogP contribution in [0.25, 0.3) is 0 Å². The van der Waals surface area contributed by atoms with E-state index in [0.717, 1.165) is 17.7 Å². The van der Waals surface area contributed by atoms with E-state index in [9.17, 15) is 10.2 Å². The Labute approximate surface area is 126 Å². The van der Waals surface area contributed by atoms with Crippen LogP contribution in [-0.4, -0.2) is 54.6 Å². The van der Waals surface area contributed by atoms with Gasteiger partial charge in [0.25, 0.3) is 0 Å². The molecule has 21 heavy (non-hydrogen) atoms. The van der Waals surface area contributed by atoms with Gasteiger partial charge in [0, 0.05) is 12.5 Å². The van der Waals surface area contributed by atoms with Crippen LogP contribution in [0, 0.1) is 0 Å². The Kier molecular flexibility index (Phi) is 5.04. The van der Waals surface area contributed by atoms with E-state index in [1.807, 2.05) is 49.3 Å². The Balaban J connectivity index is 2.37. The SMILES string of the molecule is COc1ccc(C(CN(C)C)C2(O)C=CCCC2O)cc1. The second-order valence-corrected chi connectivity index (χ2v) is 5.97. The molecule has 1 aliphatic rings. The molecule has 0 aliphatic heterocycles. The zero-order valence-corrected chi connectivity index (χ0v) is 13.0. The van der Waals surface area contributed by atoms with Gasteiger partial charge in [0.2, 0.25) is 0 Å². The fraction of sp³-hybridized carbons (Fsp3) is 0.529. The Bertz CT molecular complexity index is 483. The van der Waals surface area contributed by atoms with Crippen molar-refractivity contribution in [3.05, 3.63) is 42.0 Å². The number of nitrogens with zero attached hydrogens (tertiary/aromatic N) is 1. The molecule has 4 nitrogen and oxygen atoms in total. The summed E-state index contributed by atoms with van der Waals surface area (Å²) < 4.78 is 5.19. The molecule has 2 N–H and O–H groups in total. The monoisotopic (exact) mass is 291 g/mol. The van der Waals surface area contributed by atoms with Gasteiger partial charge in [-0.3, -0.25) is 0 Å². The first kappa shape index (κ1) is 16.0. The minimum atomic E-state index is -1.23. The molecule has 0 aromatic heterocycles. The third-order valence-electron chi connectivity index (χ3n) is 4.15. The van der Waals surface area contributed by atoms with Crippen molar-refractivity contribution in [3.8, 4) is 5.75 Å². The smallest absolute Gasteiger partial charge is 0.118 e. The molecule has 0 radical (unpaired) electrons. The number of rotatable bonds is 5. The summed E-state index contributed by atoms with van der Waals surface area (Å²) in [4.78, 5) is 2.03. The van der Waals surface area contributed by atoms with Gasteiger partial charge in [-0.15, -0.1) is 0 Å². The summed E-state index contributed by atoms with van der Waals surface area (Å²) in [5.74, 6) is 0.596. The van der Waals surface area contributed by atoms with Gasteiger partial charge >= 0.3 is 0 Å². The second kappa shape index (κ2) is 6.60. The molecule has 4 heteroatoms. The Morgan fingerprint density at radius 2 is 2.00 bits per heavy atom. The molecule has 3 unspecified atom stereocenters. The summed E-state index contributed by atoms with van der Waals surface area (Å²) in [7, 11) is 5.57. The van der Waals surface area contributed by atoms with Crippen molar-refractivity contribution in [2.45, 2.75) is 30.5 Å². The van der Waals surface area contributed by atoms with Crippen LogP contribution in [0.3, 0.4) is 0 Å². The van der Waals surface area contributed by atoms with Gasteiger partial charge in [0.05, 0.1) is 13.2 Å². The molecule has 0 amide bonds. The average molecular weight is 291 g/mol. The third kappa shape index (κ3) is 3.46. The Morgan fingerprint density at radius 1 is 1.33 bits per heavy atom. The van der Waals surface area contributed by atoms with Crippen molar-refractivity contribution in [1.29, 1.82) is 0 Å². The normalized spacial score (nSPS) is 26.9. The molecule has 0 spiro atoms.